The Morgan fingerprint density at radius 2 is 2.37 bits per heavy atom. The van der Waals surface area contributed by atoms with Gasteiger partial charge in [-0.05, 0) is 43.8 Å². The lowest BCUT2D eigenvalue weighted by Gasteiger charge is -2.23. The quantitative estimate of drug-likeness (QED) is 0.872. The fourth-order valence-corrected chi connectivity index (χ4v) is 3.14. The zero-order valence-electron chi connectivity index (χ0n) is 11.2. The van der Waals surface area contributed by atoms with Crippen LogP contribution in [0.1, 0.15) is 24.5 Å². The van der Waals surface area contributed by atoms with Gasteiger partial charge in [-0.2, -0.15) is 0 Å². The first kappa shape index (κ1) is 12.8. The van der Waals surface area contributed by atoms with Gasteiger partial charge in [0.15, 0.2) is 0 Å². The molecule has 0 spiro atoms. The summed E-state index contributed by atoms with van der Waals surface area (Å²) in [6.45, 7) is 2.21. The molecular weight excluding hydrogens is 254 g/mol. The van der Waals surface area contributed by atoms with Crippen LogP contribution in [-0.2, 0) is 0 Å². The minimum Gasteiger partial charge on any atom is -0.316 e. The zero-order chi connectivity index (χ0) is 13.1. The van der Waals surface area contributed by atoms with Crippen molar-refractivity contribution in [3.05, 3.63) is 42.5 Å². The summed E-state index contributed by atoms with van der Waals surface area (Å²) in [5.41, 5.74) is 2.54. The summed E-state index contributed by atoms with van der Waals surface area (Å²) >= 11 is 1.78. The van der Waals surface area contributed by atoms with Crippen molar-refractivity contribution >= 4 is 11.8 Å². The Balaban J connectivity index is 1.94. The van der Waals surface area contributed by atoms with E-state index < -0.39 is 0 Å². The molecule has 3 nitrogen and oxygen atoms in total. The van der Waals surface area contributed by atoms with Crippen LogP contribution < -0.4 is 5.32 Å². The largest absolute Gasteiger partial charge is 0.316 e. The molecule has 0 bridgehead atoms. The fraction of sp³-hybridized carbons (Fsp3) is 0.400. The molecule has 1 aromatic carbocycles. The normalized spacial score (nSPS) is 19.5. The first-order valence-electron chi connectivity index (χ1n) is 6.76. The van der Waals surface area contributed by atoms with Gasteiger partial charge >= 0.3 is 0 Å². The minimum absolute atomic E-state index is 0.578. The van der Waals surface area contributed by atoms with Gasteiger partial charge in [-0.1, -0.05) is 6.07 Å². The summed E-state index contributed by atoms with van der Waals surface area (Å²) in [4.78, 5) is 5.65. The highest BCUT2D eigenvalue weighted by Crippen LogP contribution is 2.26. The minimum atomic E-state index is 0.578. The van der Waals surface area contributed by atoms with E-state index in [1.54, 1.807) is 11.8 Å². The van der Waals surface area contributed by atoms with Gasteiger partial charge in [0.2, 0.25) is 0 Å². The van der Waals surface area contributed by atoms with Crippen LogP contribution in [0, 0.1) is 0 Å². The average Bonchev–Trinajstić information content (AvgIpc) is 2.98. The van der Waals surface area contributed by atoms with Crippen LogP contribution in [-0.4, -0.2) is 28.9 Å². The van der Waals surface area contributed by atoms with E-state index in [1.807, 2.05) is 12.5 Å². The van der Waals surface area contributed by atoms with Gasteiger partial charge in [0.05, 0.1) is 6.33 Å². The maximum Gasteiger partial charge on any atom is 0.0994 e. The third-order valence-electron chi connectivity index (χ3n) is 3.71. The van der Waals surface area contributed by atoms with Crippen LogP contribution in [0.5, 0.6) is 0 Å². The molecule has 0 amide bonds. The number of nitrogens with zero attached hydrogens (tertiary/aromatic N) is 2. The molecule has 1 aromatic heterocycles. The Kier molecular flexibility index (Phi) is 3.89. The van der Waals surface area contributed by atoms with E-state index in [4.69, 9.17) is 0 Å². The van der Waals surface area contributed by atoms with Crippen molar-refractivity contribution < 1.29 is 0 Å². The molecule has 2 aromatic rings. The lowest BCUT2D eigenvalue weighted by Crippen LogP contribution is -2.29. The molecule has 1 saturated heterocycles. The van der Waals surface area contributed by atoms with E-state index in [0.29, 0.717) is 5.92 Å². The number of nitrogens with one attached hydrogen (secondary N) is 1. The summed E-state index contributed by atoms with van der Waals surface area (Å²) < 4.78 is 2.23. The Hall–Kier alpha value is -1.26. The summed E-state index contributed by atoms with van der Waals surface area (Å²) in [5.74, 6) is 0.578. The molecule has 1 unspecified atom stereocenters. The van der Waals surface area contributed by atoms with Gasteiger partial charge in [0, 0.05) is 34.9 Å². The number of hydrogen-bond donors (Lipinski definition) is 1. The highest BCUT2D eigenvalue weighted by molar-refractivity contribution is 7.98. The van der Waals surface area contributed by atoms with Crippen LogP contribution in [0.25, 0.3) is 5.69 Å². The van der Waals surface area contributed by atoms with Crippen molar-refractivity contribution in [3.63, 3.8) is 0 Å². The van der Waals surface area contributed by atoms with Crippen LogP contribution in [0.4, 0.5) is 0 Å². The molecule has 1 aliphatic rings. The highest BCUT2D eigenvalue weighted by atomic mass is 32.2. The number of aromatic nitrogens is 2. The second-order valence-electron chi connectivity index (χ2n) is 4.93. The molecule has 1 aliphatic heterocycles. The second-order valence-corrected chi connectivity index (χ2v) is 5.81. The van der Waals surface area contributed by atoms with Crippen LogP contribution >= 0.6 is 11.8 Å². The molecule has 0 radical (unpaired) electrons. The van der Waals surface area contributed by atoms with Gasteiger partial charge in [0.25, 0.3) is 0 Å². The van der Waals surface area contributed by atoms with E-state index in [2.05, 4.69) is 45.4 Å². The third-order valence-corrected chi connectivity index (χ3v) is 4.44. The topological polar surface area (TPSA) is 29.9 Å². The predicted molar refractivity (Wildman–Crippen MR) is 80.2 cm³/mol. The fourth-order valence-electron chi connectivity index (χ4n) is 2.69. The van der Waals surface area contributed by atoms with Gasteiger partial charge < -0.3 is 9.88 Å². The Morgan fingerprint density at radius 1 is 1.42 bits per heavy atom. The summed E-state index contributed by atoms with van der Waals surface area (Å²) in [5, 5.41) is 3.48. The lowest BCUT2D eigenvalue weighted by molar-refractivity contribution is 0.451. The van der Waals surface area contributed by atoms with Crippen molar-refractivity contribution in [1.82, 2.24) is 14.9 Å². The number of benzene rings is 1. The van der Waals surface area contributed by atoms with Crippen molar-refractivity contribution in [2.24, 2.45) is 0 Å². The molecule has 1 fully saturated rings. The first-order valence-corrected chi connectivity index (χ1v) is 7.98. The van der Waals surface area contributed by atoms with Gasteiger partial charge in [0.1, 0.15) is 0 Å². The van der Waals surface area contributed by atoms with Crippen molar-refractivity contribution in [2.45, 2.75) is 23.7 Å². The second kappa shape index (κ2) is 5.80. The van der Waals surface area contributed by atoms with Crippen molar-refractivity contribution in [3.8, 4) is 5.69 Å². The van der Waals surface area contributed by atoms with Crippen molar-refractivity contribution in [1.29, 1.82) is 0 Å². The maximum absolute atomic E-state index is 4.36. The van der Waals surface area contributed by atoms with E-state index in [0.717, 1.165) is 13.1 Å². The molecule has 0 aliphatic carbocycles. The van der Waals surface area contributed by atoms with Gasteiger partial charge in [-0.15, -0.1) is 11.8 Å². The number of rotatable bonds is 3. The molecular formula is C15H19N3S. The molecule has 1 atom stereocenters. The molecule has 0 saturated carbocycles. The monoisotopic (exact) mass is 273 g/mol. The Labute approximate surface area is 118 Å². The van der Waals surface area contributed by atoms with E-state index >= 15 is 0 Å². The van der Waals surface area contributed by atoms with Gasteiger partial charge in [-0.3, -0.25) is 0 Å². The number of thioether (sulfide) groups is 1. The first-order chi connectivity index (χ1) is 9.38. The van der Waals surface area contributed by atoms with E-state index in [1.165, 1.54) is 29.1 Å². The van der Waals surface area contributed by atoms with E-state index in [9.17, 15) is 0 Å². The molecule has 1 N–H and O–H groups in total. The summed E-state index contributed by atoms with van der Waals surface area (Å²) in [6, 6.07) is 8.64. The van der Waals surface area contributed by atoms with Gasteiger partial charge in [-0.25, -0.2) is 4.98 Å². The molecule has 4 heteroatoms. The standard InChI is InChI=1S/C15H19N3S/c1-19-14-6-2-5-13(8-14)18-11-17-10-15(18)12-4-3-7-16-9-12/h2,5-6,8,10-12,16H,3-4,7,9H2,1H3. The third kappa shape index (κ3) is 2.69. The van der Waals surface area contributed by atoms with Crippen LogP contribution in [0.2, 0.25) is 0 Å². The van der Waals surface area contributed by atoms with E-state index in [-0.39, 0.29) is 0 Å². The zero-order valence-corrected chi connectivity index (χ0v) is 12.0. The summed E-state index contributed by atoms with van der Waals surface area (Å²) in [7, 11) is 0. The Morgan fingerprint density at radius 3 is 3.16 bits per heavy atom. The maximum atomic E-state index is 4.36. The van der Waals surface area contributed by atoms with Crippen LogP contribution in [0.15, 0.2) is 41.7 Å². The van der Waals surface area contributed by atoms with Crippen LogP contribution in [0.3, 0.4) is 0 Å². The van der Waals surface area contributed by atoms with Crippen molar-refractivity contribution in [2.75, 3.05) is 19.3 Å². The summed E-state index contributed by atoms with van der Waals surface area (Å²) in [6.07, 6.45) is 8.56. The predicted octanol–water partition coefficient (Wildman–Crippen LogP) is 3.06. The molecule has 2 heterocycles. The number of hydrogen-bond acceptors (Lipinski definition) is 3. The molecule has 3 rings (SSSR count). The molecule has 100 valence electrons. The number of piperidine rings is 1. The number of imidazole rings is 1. The smallest absolute Gasteiger partial charge is 0.0994 e. The average molecular weight is 273 g/mol. The SMILES string of the molecule is CSc1cccc(-n2cncc2C2CCCNC2)c1. The highest BCUT2D eigenvalue weighted by Gasteiger charge is 2.19. The Bertz CT molecular complexity index is 544. The lowest BCUT2D eigenvalue weighted by atomic mass is 9.96. The molecule has 19 heavy (non-hydrogen) atoms.